The summed E-state index contributed by atoms with van der Waals surface area (Å²) in [5.74, 6) is 0.312. The molecule has 3 N–H and O–H groups in total. The van der Waals surface area contributed by atoms with Gasteiger partial charge in [-0.05, 0) is 46.5 Å². The molecular weight excluding hydrogens is 406 g/mol. The van der Waals surface area contributed by atoms with Crippen LogP contribution in [0.5, 0.6) is 0 Å². The highest BCUT2D eigenvalue weighted by Gasteiger charge is 2.24. The van der Waals surface area contributed by atoms with Crippen LogP contribution in [0.3, 0.4) is 0 Å². The molecule has 0 amide bonds. The topological polar surface area (TPSA) is 74.5 Å². The van der Waals surface area contributed by atoms with Gasteiger partial charge >= 0.3 is 0 Å². The summed E-state index contributed by atoms with van der Waals surface area (Å²) in [6.07, 6.45) is 12.1. The molecule has 1 aliphatic carbocycles. The number of fused-ring (bicyclic) bond motifs is 1. The SMILES string of the molecule is OC[C@@H]1CCCC[C@@H]1Nc1cc(NCc2cccnc2)c2ncc(Br)n2c1. The Morgan fingerprint density at radius 1 is 1.26 bits per heavy atom. The van der Waals surface area contributed by atoms with E-state index in [2.05, 4.69) is 54.9 Å². The molecule has 1 aliphatic rings. The first-order chi connectivity index (χ1) is 13.2. The van der Waals surface area contributed by atoms with Crippen molar-refractivity contribution in [2.45, 2.75) is 38.3 Å². The van der Waals surface area contributed by atoms with Crippen LogP contribution < -0.4 is 10.6 Å². The lowest BCUT2D eigenvalue weighted by Gasteiger charge is -2.31. The second-order valence-electron chi connectivity index (χ2n) is 7.11. The van der Waals surface area contributed by atoms with Gasteiger partial charge in [-0.3, -0.25) is 9.38 Å². The van der Waals surface area contributed by atoms with Gasteiger partial charge in [-0.1, -0.05) is 18.9 Å². The van der Waals surface area contributed by atoms with Crippen LogP contribution in [0.2, 0.25) is 0 Å². The molecule has 6 nitrogen and oxygen atoms in total. The molecule has 142 valence electrons. The number of halogens is 1. The van der Waals surface area contributed by atoms with E-state index in [1.807, 2.05) is 22.9 Å². The minimum Gasteiger partial charge on any atom is -0.396 e. The Hall–Kier alpha value is -2.12. The Kier molecular flexibility index (Phi) is 5.59. The van der Waals surface area contributed by atoms with E-state index in [4.69, 9.17) is 0 Å². The quantitative estimate of drug-likeness (QED) is 0.550. The third-order valence-corrected chi connectivity index (χ3v) is 5.85. The van der Waals surface area contributed by atoms with E-state index < -0.39 is 0 Å². The fourth-order valence-electron chi connectivity index (χ4n) is 3.80. The van der Waals surface area contributed by atoms with Crippen LogP contribution in [0.25, 0.3) is 5.65 Å². The standard InChI is InChI=1S/C20H24BrN5O/c21-19-11-24-20-18(23-10-14-4-3-7-22-9-14)8-16(12-26(19)20)25-17-6-2-1-5-15(17)13-27/h3-4,7-9,11-12,15,17,23,25,27H,1-2,5-6,10,13H2/t15-,17-/m0/s1. The molecule has 0 bridgehead atoms. The number of hydrogen-bond acceptors (Lipinski definition) is 5. The monoisotopic (exact) mass is 429 g/mol. The highest BCUT2D eigenvalue weighted by atomic mass is 79.9. The van der Waals surface area contributed by atoms with Gasteiger partial charge in [0.15, 0.2) is 5.65 Å². The maximum atomic E-state index is 9.71. The second kappa shape index (κ2) is 8.27. The van der Waals surface area contributed by atoms with Crippen molar-refractivity contribution < 1.29 is 5.11 Å². The Balaban J connectivity index is 1.60. The molecule has 27 heavy (non-hydrogen) atoms. The highest BCUT2D eigenvalue weighted by molar-refractivity contribution is 9.10. The molecule has 3 heterocycles. The first kappa shape index (κ1) is 18.3. The van der Waals surface area contributed by atoms with E-state index in [1.54, 1.807) is 6.20 Å². The predicted octanol–water partition coefficient (Wildman–Crippen LogP) is 4.07. The zero-order valence-corrected chi connectivity index (χ0v) is 16.7. The number of nitrogens with zero attached hydrogens (tertiary/aromatic N) is 3. The number of nitrogens with one attached hydrogen (secondary N) is 2. The summed E-state index contributed by atoms with van der Waals surface area (Å²) in [6.45, 7) is 0.918. The molecule has 3 aromatic heterocycles. The molecule has 1 fully saturated rings. The molecule has 2 atom stereocenters. The van der Waals surface area contributed by atoms with Gasteiger partial charge in [0.1, 0.15) is 4.60 Å². The zero-order valence-electron chi connectivity index (χ0n) is 15.1. The summed E-state index contributed by atoms with van der Waals surface area (Å²) in [4.78, 5) is 8.69. The molecular formula is C20H24BrN5O. The zero-order chi connectivity index (χ0) is 18.6. The lowest BCUT2D eigenvalue weighted by Crippen LogP contribution is -2.34. The van der Waals surface area contributed by atoms with Crippen molar-refractivity contribution in [2.75, 3.05) is 17.2 Å². The molecule has 0 spiro atoms. The summed E-state index contributed by atoms with van der Waals surface area (Å²) >= 11 is 3.58. The number of pyridine rings is 2. The average molecular weight is 430 g/mol. The number of rotatable bonds is 6. The number of imidazole rings is 1. The van der Waals surface area contributed by atoms with E-state index in [0.29, 0.717) is 18.5 Å². The third kappa shape index (κ3) is 4.09. The Morgan fingerprint density at radius 2 is 2.15 bits per heavy atom. The predicted molar refractivity (Wildman–Crippen MR) is 111 cm³/mol. The molecule has 0 unspecified atom stereocenters. The van der Waals surface area contributed by atoms with E-state index in [1.165, 1.54) is 12.8 Å². The van der Waals surface area contributed by atoms with Crippen LogP contribution in [-0.4, -0.2) is 32.1 Å². The molecule has 3 aromatic rings. The van der Waals surface area contributed by atoms with Gasteiger partial charge in [0.05, 0.1) is 17.6 Å². The summed E-state index contributed by atoms with van der Waals surface area (Å²) in [5.41, 5.74) is 3.98. The number of anilines is 2. The van der Waals surface area contributed by atoms with Crippen molar-refractivity contribution in [1.82, 2.24) is 14.4 Å². The van der Waals surface area contributed by atoms with Gasteiger partial charge in [-0.25, -0.2) is 4.98 Å². The number of aromatic nitrogens is 3. The van der Waals surface area contributed by atoms with Crippen LogP contribution in [0.1, 0.15) is 31.2 Å². The summed E-state index contributed by atoms with van der Waals surface area (Å²) in [6, 6.07) is 6.40. The highest BCUT2D eigenvalue weighted by Crippen LogP contribution is 2.30. The molecule has 4 rings (SSSR count). The van der Waals surface area contributed by atoms with Crippen LogP contribution in [-0.2, 0) is 6.54 Å². The van der Waals surface area contributed by atoms with Gasteiger partial charge in [0.25, 0.3) is 0 Å². The first-order valence-electron chi connectivity index (χ1n) is 9.41. The van der Waals surface area contributed by atoms with E-state index in [9.17, 15) is 5.11 Å². The largest absolute Gasteiger partial charge is 0.396 e. The maximum absolute atomic E-state index is 9.71. The Labute approximate surface area is 167 Å². The molecule has 0 aromatic carbocycles. The molecule has 0 saturated heterocycles. The molecule has 0 aliphatic heterocycles. The van der Waals surface area contributed by atoms with Crippen LogP contribution in [0, 0.1) is 5.92 Å². The van der Waals surface area contributed by atoms with Gasteiger partial charge in [0, 0.05) is 43.7 Å². The molecule has 7 heteroatoms. The third-order valence-electron chi connectivity index (χ3n) is 5.26. The number of aliphatic hydroxyl groups is 1. The smallest absolute Gasteiger partial charge is 0.161 e. The van der Waals surface area contributed by atoms with Crippen LogP contribution in [0.4, 0.5) is 11.4 Å². The number of aliphatic hydroxyl groups excluding tert-OH is 1. The van der Waals surface area contributed by atoms with Crippen molar-refractivity contribution >= 4 is 33.0 Å². The average Bonchev–Trinajstić information content (AvgIpc) is 3.08. The fraction of sp³-hybridized carbons (Fsp3) is 0.400. The van der Waals surface area contributed by atoms with Crippen LogP contribution in [0.15, 0.2) is 47.6 Å². The second-order valence-corrected chi connectivity index (χ2v) is 7.92. The summed E-state index contributed by atoms with van der Waals surface area (Å²) in [5, 5.41) is 16.8. The molecule has 0 radical (unpaired) electrons. The van der Waals surface area contributed by atoms with E-state index in [0.717, 1.165) is 40.0 Å². The van der Waals surface area contributed by atoms with E-state index >= 15 is 0 Å². The van der Waals surface area contributed by atoms with Crippen molar-refractivity contribution in [3.05, 3.63) is 53.2 Å². The normalized spacial score (nSPS) is 19.9. The maximum Gasteiger partial charge on any atom is 0.161 e. The lowest BCUT2D eigenvalue weighted by atomic mass is 9.85. The number of hydrogen-bond donors (Lipinski definition) is 3. The van der Waals surface area contributed by atoms with Gasteiger partial charge in [-0.2, -0.15) is 0 Å². The van der Waals surface area contributed by atoms with Crippen molar-refractivity contribution in [2.24, 2.45) is 5.92 Å². The minimum atomic E-state index is 0.237. The fourth-order valence-corrected chi connectivity index (χ4v) is 4.17. The Morgan fingerprint density at radius 3 is 2.96 bits per heavy atom. The minimum absolute atomic E-state index is 0.237. The van der Waals surface area contributed by atoms with Crippen molar-refractivity contribution in [3.63, 3.8) is 0 Å². The summed E-state index contributed by atoms with van der Waals surface area (Å²) in [7, 11) is 0. The summed E-state index contributed by atoms with van der Waals surface area (Å²) < 4.78 is 2.94. The van der Waals surface area contributed by atoms with Gasteiger partial charge in [-0.15, -0.1) is 0 Å². The van der Waals surface area contributed by atoms with Crippen LogP contribution >= 0.6 is 15.9 Å². The van der Waals surface area contributed by atoms with E-state index in [-0.39, 0.29) is 6.61 Å². The lowest BCUT2D eigenvalue weighted by molar-refractivity contribution is 0.178. The Bertz CT molecular complexity index is 898. The van der Waals surface area contributed by atoms with Crippen molar-refractivity contribution in [3.8, 4) is 0 Å². The van der Waals surface area contributed by atoms with Gasteiger partial charge in [0.2, 0.25) is 0 Å². The molecule has 1 saturated carbocycles. The van der Waals surface area contributed by atoms with Crippen molar-refractivity contribution in [1.29, 1.82) is 0 Å². The first-order valence-corrected chi connectivity index (χ1v) is 10.2. The van der Waals surface area contributed by atoms with Gasteiger partial charge < -0.3 is 15.7 Å².